The van der Waals surface area contributed by atoms with Crippen molar-refractivity contribution in [2.24, 2.45) is 0 Å². The molecule has 5 nitrogen and oxygen atoms in total. The van der Waals surface area contributed by atoms with Crippen molar-refractivity contribution in [1.82, 2.24) is 9.88 Å². The number of thiazole rings is 1. The predicted octanol–water partition coefficient (Wildman–Crippen LogP) is 5.17. The first-order chi connectivity index (χ1) is 13.6. The van der Waals surface area contributed by atoms with Crippen molar-refractivity contribution in [1.29, 1.82) is 0 Å². The Hall–Kier alpha value is -2.38. The highest BCUT2D eigenvalue weighted by Gasteiger charge is 2.33. The van der Waals surface area contributed by atoms with Gasteiger partial charge in [0.05, 0.1) is 30.8 Å². The van der Waals surface area contributed by atoms with Gasteiger partial charge in [-0.15, -0.1) is 22.7 Å². The summed E-state index contributed by atoms with van der Waals surface area (Å²) in [6.07, 6.45) is 1.93. The Bertz CT molecular complexity index is 982. The van der Waals surface area contributed by atoms with Crippen molar-refractivity contribution >= 4 is 28.6 Å². The van der Waals surface area contributed by atoms with Crippen molar-refractivity contribution in [2.75, 3.05) is 20.8 Å². The number of carbonyl (C=O) groups is 1. The van der Waals surface area contributed by atoms with Crippen LogP contribution in [0.4, 0.5) is 0 Å². The molecule has 1 aliphatic heterocycles. The summed E-state index contributed by atoms with van der Waals surface area (Å²) in [5, 5.41) is 2.94. The van der Waals surface area contributed by atoms with Gasteiger partial charge in [-0.2, -0.15) is 0 Å². The standard InChI is InChI=1S/C21H22N2O3S2/c1-13-19(28-20(22-13)18-7-5-11-27-18)21(24)23-10-4-6-15(23)14-8-9-16(25-2)17(12-14)26-3/h5,7-9,11-12,15H,4,6,10H2,1-3H3. The van der Waals surface area contributed by atoms with Gasteiger partial charge in [0.15, 0.2) is 11.5 Å². The Morgan fingerprint density at radius 3 is 2.75 bits per heavy atom. The fourth-order valence-corrected chi connectivity index (χ4v) is 5.47. The van der Waals surface area contributed by atoms with E-state index in [0.717, 1.165) is 45.4 Å². The molecule has 2 aromatic heterocycles. The number of amides is 1. The first kappa shape index (κ1) is 19.0. The van der Waals surface area contributed by atoms with Crippen LogP contribution < -0.4 is 9.47 Å². The van der Waals surface area contributed by atoms with Gasteiger partial charge < -0.3 is 14.4 Å². The van der Waals surface area contributed by atoms with Gasteiger partial charge in [0.1, 0.15) is 9.88 Å². The highest BCUT2D eigenvalue weighted by Crippen LogP contribution is 2.39. The Labute approximate surface area is 172 Å². The summed E-state index contributed by atoms with van der Waals surface area (Å²) in [6.45, 7) is 2.67. The average Bonchev–Trinajstić information content (AvgIpc) is 3.46. The molecule has 0 bridgehead atoms. The number of aryl methyl sites for hydroxylation is 1. The second kappa shape index (κ2) is 7.93. The van der Waals surface area contributed by atoms with Crippen molar-refractivity contribution in [3.05, 3.63) is 51.8 Å². The first-order valence-corrected chi connectivity index (χ1v) is 10.9. The zero-order valence-electron chi connectivity index (χ0n) is 16.1. The van der Waals surface area contributed by atoms with Gasteiger partial charge in [0, 0.05) is 6.54 Å². The number of hydrogen-bond acceptors (Lipinski definition) is 6. The fourth-order valence-electron chi connectivity index (χ4n) is 3.65. The molecule has 1 atom stereocenters. The van der Waals surface area contributed by atoms with Crippen LogP contribution in [0.15, 0.2) is 35.7 Å². The van der Waals surface area contributed by atoms with Crippen LogP contribution in [0, 0.1) is 6.92 Å². The molecule has 1 aromatic carbocycles. The average molecular weight is 415 g/mol. The lowest BCUT2D eigenvalue weighted by molar-refractivity contribution is 0.0739. The Balaban J connectivity index is 1.63. The molecule has 1 unspecified atom stereocenters. The molecule has 1 saturated heterocycles. The molecule has 0 spiro atoms. The molecule has 4 rings (SSSR count). The molecule has 3 aromatic rings. The normalized spacial score (nSPS) is 16.4. The van der Waals surface area contributed by atoms with E-state index in [1.807, 2.05) is 47.5 Å². The Kier molecular flexibility index (Phi) is 5.37. The molecule has 1 amide bonds. The van der Waals surface area contributed by atoms with E-state index in [1.165, 1.54) is 11.3 Å². The monoisotopic (exact) mass is 414 g/mol. The van der Waals surface area contributed by atoms with Crippen LogP contribution >= 0.6 is 22.7 Å². The molecular weight excluding hydrogens is 392 g/mol. The topological polar surface area (TPSA) is 51.7 Å². The quantitative estimate of drug-likeness (QED) is 0.578. The number of rotatable bonds is 5. The minimum atomic E-state index is 0.0407. The number of likely N-dealkylation sites (tertiary alicyclic amines) is 1. The number of benzene rings is 1. The highest BCUT2D eigenvalue weighted by atomic mass is 32.1. The summed E-state index contributed by atoms with van der Waals surface area (Å²) in [4.78, 5) is 21.8. The zero-order chi connectivity index (χ0) is 19.7. The fraction of sp³-hybridized carbons (Fsp3) is 0.333. The van der Waals surface area contributed by atoms with Crippen LogP contribution in [-0.4, -0.2) is 36.6 Å². The number of carbonyl (C=O) groups excluding carboxylic acids is 1. The third-order valence-electron chi connectivity index (χ3n) is 5.03. The van der Waals surface area contributed by atoms with E-state index < -0.39 is 0 Å². The predicted molar refractivity (Wildman–Crippen MR) is 113 cm³/mol. The van der Waals surface area contributed by atoms with E-state index in [9.17, 15) is 4.79 Å². The largest absolute Gasteiger partial charge is 0.493 e. The van der Waals surface area contributed by atoms with E-state index in [-0.39, 0.29) is 11.9 Å². The molecule has 1 aliphatic rings. The molecule has 0 N–H and O–H groups in total. The smallest absolute Gasteiger partial charge is 0.266 e. The van der Waals surface area contributed by atoms with Crippen molar-refractivity contribution in [2.45, 2.75) is 25.8 Å². The number of hydrogen-bond donors (Lipinski definition) is 0. The van der Waals surface area contributed by atoms with Crippen LogP contribution in [0.3, 0.4) is 0 Å². The lowest BCUT2D eigenvalue weighted by Gasteiger charge is -2.25. The number of methoxy groups -OCH3 is 2. The lowest BCUT2D eigenvalue weighted by Crippen LogP contribution is -2.30. The lowest BCUT2D eigenvalue weighted by atomic mass is 10.0. The third kappa shape index (κ3) is 3.40. The second-order valence-corrected chi connectivity index (χ2v) is 8.63. The van der Waals surface area contributed by atoms with Crippen molar-refractivity contribution in [3.8, 4) is 21.4 Å². The van der Waals surface area contributed by atoms with Gasteiger partial charge in [0.25, 0.3) is 5.91 Å². The Morgan fingerprint density at radius 1 is 1.21 bits per heavy atom. The van der Waals surface area contributed by atoms with Gasteiger partial charge in [0.2, 0.25) is 0 Å². The molecule has 1 fully saturated rings. The third-order valence-corrected chi connectivity index (χ3v) is 7.21. The summed E-state index contributed by atoms with van der Waals surface area (Å²) in [5.74, 6) is 1.45. The van der Waals surface area contributed by atoms with Crippen LogP contribution in [0.2, 0.25) is 0 Å². The SMILES string of the molecule is COc1ccc(C2CCCN2C(=O)c2sc(-c3cccs3)nc2C)cc1OC. The molecule has 28 heavy (non-hydrogen) atoms. The van der Waals surface area contributed by atoms with Crippen molar-refractivity contribution in [3.63, 3.8) is 0 Å². The highest BCUT2D eigenvalue weighted by molar-refractivity contribution is 7.22. The van der Waals surface area contributed by atoms with E-state index >= 15 is 0 Å². The molecule has 3 heterocycles. The summed E-state index contributed by atoms with van der Waals surface area (Å²) in [6, 6.07) is 9.99. The Morgan fingerprint density at radius 2 is 2.04 bits per heavy atom. The van der Waals surface area contributed by atoms with Crippen LogP contribution in [0.5, 0.6) is 11.5 Å². The van der Waals surface area contributed by atoms with Gasteiger partial charge in [-0.05, 0) is 48.9 Å². The summed E-state index contributed by atoms with van der Waals surface area (Å²) in [5.41, 5.74) is 1.88. The number of ether oxygens (including phenoxy) is 2. The molecule has 0 aliphatic carbocycles. The van der Waals surface area contributed by atoms with E-state index in [2.05, 4.69) is 4.98 Å². The van der Waals surface area contributed by atoms with Gasteiger partial charge in [-0.1, -0.05) is 12.1 Å². The molecule has 0 saturated carbocycles. The van der Waals surface area contributed by atoms with Crippen molar-refractivity contribution < 1.29 is 14.3 Å². The summed E-state index contributed by atoms with van der Waals surface area (Å²) in [7, 11) is 3.26. The molecule has 146 valence electrons. The van der Waals surface area contributed by atoms with Gasteiger partial charge in [-0.25, -0.2) is 4.98 Å². The van der Waals surface area contributed by atoms with E-state index in [0.29, 0.717) is 11.5 Å². The van der Waals surface area contributed by atoms with Crippen LogP contribution in [-0.2, 0) is 0 Å². The minimum absolute atomic E-state index is 0.0407. The van der Waals surface area contributed by atoms with E-state index in [4.69, 9.17) is 9.47 Å². The molecule has 7 heteroatoms. The van der Waals surface area contributed by atoms with Gasteiger partial charge in [-0.3, -0.25) is 4.79 Å². The number of thiophene rings is 1. The number of nitrogens with zero attached hydrogens (tertiary/aromatic N) is 2. The van der Waals surface area contributed by atoms with Crippen LogP contribution in [0.25, 0.3) is 9.88 Å². The summed E-state index contributed by atoms with van der Waals surface area (Å²) < 4.78 is 10.8. The molecule has 0 radical (unpaired) electrons. The van der Waals surface area contributed by atoms with Crippen LogP contribution in [0.1, 0.15) is 39.8 Å². The maximum Gasteiger partial charge on any atom is 0.266 e. The first-order valence-electron chi connectivity index (χ1n) is 9.16. The zero-order valence-corrected chi connectivity index (χ0v) is 17.7. The minimum Gasteiger partial charge on any atom is -0.493 e. The molecular formula is C21H22N2O3S2. The maximum absolute atomic E-state index is 13.4. The number of aromatic nitrogens is 1. The van der Waals surface area contributed by atoms with E-state index in [1.54, 1.807) is 25.6 Å². The maximum atomic E-state index is 13.4. The van der Waals surface area contributed by atoms with Gasteiger partial charge >= 0.3 is 0 Å². The second-order valence-electron chi connectivity index (χ2n) is 6.68. The summed E-state index contributed by atoms with van der Waals surface area (Å²) >= 11 is 3.13.